The molecule has 0 fully saturated rings. The molecule has 4 aromatic heterocycles. The predicted molar refractivity (Wildman–Crippen MR) is 194 cm³/mol. The van der Waals surface area contributed by atoms with Crippen molar-refractivity contribution < 1.29 is 0 Å². The highest BCUT2D eigenvalue weighted by Crippen LogP contribution is 2.41. The van der Waals surface area contributed by atoms with E-state index in [0.717, 1.165) is 71.6 Å². The highest BCUT2D eigenvalue weighted by atomic mass is 15.2. The third kappa shape index (κ3) is 3.99. The van der Waals surface area contributed by atoms with Gasteiger partial charge in [0.05, 0.1) is 16.6 Å². The van der Waals surface area contributed by atoms with E-state index in [2.05, 4.69) is 100.0 Å². The minimum absolute atomic E-state index is 0.546. The van der Waals surface area contributed by atoms with Gasteiger partial charge in [-0.25, -0.2) is 9.97 Å². The molecule has 0 saturated carbocycles. The molecule has 0 saturated heterocycles. The molecule has 0 aliphatic carbocycles. The van der Waals surface area contributed by atoms with Gasteiger partial charge in [0.2, 0.25) is 5.95 Å². The van der Waals surface area contributed by atoms with Crippen LogP contribution in [0.1, 0.15) is 0 Å². The van der Waals surface area contributed by atoms with Crippen LogP contribution < -0.4 is 0 Å². The number of fused-ring (bicyclic) bond motifs is 10. The van der Waals surface area contributed by atoms with Crippen LogP contribution in [-0.2, 0) is 0 Å². The Balaban J connectivity index is 1.42. The van der Waals surface area contributed by atoms with Crippen LogP contribution in [0.5, 0.6) is 0 Å². The van der Waals surface area contributed by atoms with E-state index in [4.69, 9.17) is 19.9 Å². The highest BCUT2D eigenvalue weighted by Gasteiger charge is 2.24. The maximum Gasteiger partial charge on any atom is 0.239 e. The van der Waals surface area contributed by atoms with Gasteiger partial charge in [-0.3, -0.25) is 8.97 Å². The van der Waals surface area contributed by atoms with Crippen molar-refractivity contribution in [3.8, 4) is 39.9 Å². The Morgan fingerprint density at radius 2 is 0.979 bits per heavy atom. The van der Waals surface area contributed by atoms with Crippen molar-refractivity contribution in [1.29, 1.82) is 0 Å². The number of nitrogens with zero attached hydrogens (tertiary/aromatic N) is 6. The number of aromatic nitrogens is 6. The molecule has 0 aliphatic rings. The minimum Gasteiger partial charge on any atom is -0.277 e. The summed E-state index contributed by atoms with van der Waals surface area (Å²) in [7, 11) is 0. The van der Waals surface area contributed by atoms with Gasteiger partial charge in [-0.15, -0.1) is 0 Å². The van der Waals surface area contributed by atoms with Gasteiger partial charge in [-0.2, -0.15) is 9.97 Å². The van der Waals surface area contributed by atoms with Crippen LogP contribution in [0.25, 0.3) is 89.2 Å². The van der Waals surface area contributed by atoms with Crippen LogP contribution in [0.15, 0.2) is 158 Å². The van der Waals surface area contributed by atoms with Crippen molar-refractivity contribution in [2.24, 2.45) is 0 Å². The summed E-state index contributed by atoms with van der Waals surface area (Å²) < 4.78 is 4.48. The Labute approximate surface area is 275 Å². The number of hydrogen-bond donors (Lipinski definition) is 0. The average Bonchev–Trinajstić information content (AvgIpc) is 3.72. The number of pyridine rings is 1. The first-order valence-corrected chi connectivity index (χ1v) is 16.0. The molecule has 0 atom stereocenters. The summed E-state index contributed by atoms with van der Waals surface area (Å²) in [5.41, 5.74) is 8.98. The summed E-state index contributed by atoms with van der Waals surface area (Å²) in [5, 5.41) is 4.46. The second kappa shape index (κ2) is 10.4. The molecule has 6 nitrogen and oxygen atoms in total. The molecule has 0 N–H and O–H groups in total. The van der Waals surface area contributed by atoms with Crippen molar-refractivity contribution >= 4 is 49.4 Å². The molecule has 4 heterocycles. The lowest BCUT2D eigenvalue weighted by atomic mass is 10.0. The first-order chi connectivity index (χ1) is 23.8. The molecule has 0 bridgehead atoms. The van der Waals surface area contributed by atoms with Crippen LogP contribution in [0.2, 0.25) is 0 Å². The molecule has 6 heteroatoms. The van der Waals surface area contributed by atoms with Crippen molar-refractivity contribution in [1.82, 2.24) is 28.9 Å². The molecule has 0 spiro atoms. The summed E-state index contributed by atoms with van der Waals surface area (Å²) in [6.45, 7) is 0. The monoisotopic (exact) mass is 614 g/mol. The van der Waals surface area contributed by atoms with Crippen molar-refractivity contribution in [3.05, 3.63) is 158 Å². The minimum atomic E-state index is 0.546. The Hall–Kier alpha value is -6.66. The first-order valence-electron chi connectivity index (χ1n) is 16.0. The fourth-order valence-corrected chi connectivity index (χ4v) is 6.98. The molecule has 0 aliphatic heterocycles. The maximum absolute atomic E-state index is 5.21. The van der Waals surface area contributed by atoms with Gasteiger partial charge in [-0.05, 0) is 40.8 Å². The quantitative estimate of drug-likeness (QED) is 0.198. The van der Waals surface area contributed by atoms with E-state index in [0.29, 0.717) is 17.6 Å². The number of imidazole rings is 1. The molecular formula is C42H26N6. The summed E-state index contributed by atoms with van der Waals surface area (Å²) in [6.07, 6.45) is 0. The van der Waals surface area contributed by atoms with E-state index in [1.54, 1.807) is 0 Å². The SMILES string of the molecule is c1ccc(-c2ccc3c(c2)c2c4ccccc4c4nc5ccccc5n4c2n3-c2nc(-c3ccccc3)nc(-c3ccccc3)n2)cc1. The lowest BCUT2D eigenvalue weighted by Crippen LogP contribution is -2.08. The van der Waals surface area contributed by atoms with Crippen LogP contribution in [0, 0.1) is 0 Å². The zero-order chi connectivity index (χ0) is 31.6. The Kier molecular flexibility index (Phi) is 5.77. The lowest BCUT2D eigenvalue weighted by molar-refractivity contribution is 0.940. The summed E-state index contributed by atoms with van der Waals surface area (Å²) in [5.74, 6) is 1.77. The normalized spacial score (nSPS) is 11.8. The zero-order valence-corrected chi connectivity index (χ0v) is 25.7. The van der Waals surface area contributed by atoms with Gasteiger partial charge in [0.25, 0.3) is 0 Å². The third-order valence-electron chi connectivity index (χ3n) is 9.15. The number of hydrogen-bond acceptors (Lipinski definition) is 4. The third-order valence-corrected chi connectivity index (χ3v) is 9.15. The Morgan fingerprint density at radius 3 is 1.67 bits per heavy atom. The molecule has 6 aromatic carbocycles. The Morgan fingerprint density at radius 1 is 0.396 bits per heavy atom. The second-order valence-electron chi connectivity index (χ2n) is 12.0. The van der Waals surface area contributed by atoms with Gasteiger partial charge in [-0.1, -0.05) is 133 Å². The second-order valence-corrected chi connectivity index (χ2v) is 12.0. The highest BCUT2D eigenvalue weighted by molar-refractivity contribution is 6.24. The van der Waals surface area contributed by atoms with E-state index in [-0.39, 0.29) is 0 Å². The number of benzene rings is 6. The fraction of sp³-hybridized carbons (Fsp3) is 0. The lowest BCUT2D eigenvalue weighted by Gasteiger charge is -2.12. The Bertz CT molecular complexity index is 2760. The van der Waals surface area contributed by atoms with Gasteiger partial charge in [0.15, 0.2) is 11.6 Å². The smallest absolute Gasteiger partial charge is 0.239 e. The van der Waals surface area contributed by atoms with Crippen molar-refractivity contribution in [2.45, 2.75) is 0 Å². The van der Waals surface area contributed by atoms with E-state index < -0.39 is 0 Å². The van der Waals surface area contributed by atoms with E-state index in [1.807, 2.05) is 66.7 Å². The predicted octanol–water partition coefficient (Wildman–Crippen LogP) is 9.92. The topological polar surface area (TPSA) is 60.9 Å². The molecule has 48 heavy (non-hydrogen) atoms. The molecule has 0 unspecified atom stereocenters. The van der Waals surface area contributed by atoms with Crippen LogP contribution in [0.4, 0.5) is 0 Å². The zero-order valence-electron chi connectivity index (χ0n) is 25.7. The van der Waals surface area contributed by atoms with Gasteiger partial charge < -0.3 is 0 Å². The molecule has 10 aromatic rings. The number of para-hydroxylation sites is 2. The molecule has 224 valence electrons. The van der Waals surface area contributed by atoms with Crippen molar-refractivity contribution in [2.75, 3.05) is 0 Å². The maximum atomic E-state index is 5.21. The van der Waals surface area contributed by atoms with Crippen molar-refractivity contribution in [3.63, 3.8) is 0 Å². The summed E-state index contributed by atoms with van der Waals surface area (Å²) in [6, 6.07) is 54.4. The fourth-order valence-electron chi connectivity index (χ4n) is 6.98. The van der Waals surface area contributed by atoms with E-state index in [9.17, 15) is 0 Å². The van der Waals surface area contributed by atoms with Crippen LogP contribution in [-0.4, -0.2) is 28.9 Å². The molecule has 10 rings (SSSR count). The first kappa shape index (κ1) is 26.5. The summed E-state index contributed by atoms with van der Waals surface area (Å²) >= 11 is 0. The number of rotatable bonds is 4. The van der Waals surface area contributed by atoms with E-state index >= 15 is 0 Å². The molecule has 0 amide bonds. The standard InChI is InChI=1S/C42H26N6/c1-4-14-27(15-5-1)30-24-25-35-33(26-30)37-31-20-10-11-21-32(31)40-43-34-22-12-13-23-36(34)47(40)41(37)48(35)42-45-38(28-16-6-2-7-17-28)44-39(46-42)29-18-8-3-9-19-29/h1-26H. The average molecular weight is 615 g/mol. The van der Waals surface area contributed by atoms with Gasteiger partial charge >= 0.3 is 0 Å². The summed E-state index contributed by atoms with van der Waals surface area (Å²) in [4.78, 5) is 20.6. The molecule has 0 radical (unpaired) electrons. The van der Waals surface area contributed by atoms with E-state index in [1.165, 1.54) is 0 Å². The van der Waals surface area contributed by atoms with Crippen LogP contribution >= 0.6 is 0 Å². The largest absolute Gasteiger partial charge is 0.277 e. The van der Waals surface area contributed by atoms with Gasteiger partial charge in [0.1, 0.15) is 11.3 Å². The van der Waals surface area contributed by atoms with Crippen LogP contribution in [0.3, 0.4) is 0 Å². The van der Waals surface area contributed by atoms with Gasteiger partial charge in [0, 0.05) is 27.3 Å². The molecular weight excluding hydrogens is 589 g/mol.